The van der Waals surface area contributed by atoms with E-state index in [1.54, 1.807) is 23.1 Å². The van der Waals surface area contributed by atoms with Crippen LogP contribution >= 0.6 is 0 Å². The van der Waals surface area contributed by atoms with Crippen molar-refractivity contribution >= 4 is 5.91 Å². The van der Waals surface area contributed by atoms with Crippen molar-refractivity contribution < 1.29 is 13.7 Å². The Kier molecular flexibility index (Phi) is 3.80. The van der Waals surface area contributed by atoms with Crippen LogP contribution in [-0.2, 0) is 11.3 Å². The molecule has 4 rings (SSSR count). The minimum atomic E-state index is -0.370. The minimum absolute atomic E-state index is 0.0673. The zero-order valence-corrected chi connectivity index (χ0v) is 13.5. The van der Waals surface area contributed by atoms with Gasteiger partial charge in [-0.25, -0.2) is 4.39 Å². The Balaban J connectivity index is 1.52. The van der Waals surface area contributed by atoms with E-state index in [2.05, 4.69) is 15.0 Å². The predicted molar refractivity (Wildman–Crippen MR) is 84.3 cm³/mol. The summed E-state index contributed by atoms with van der Waals surface area (Å²) in [7, 11) is 1.85. The fraction of sp³-hybridized carbons (Fsp3) is 0.471. The number of aromatic nitrogens is 2. The summed E-state index contributed by atoms with van der Waals surface area (Å²) in [5.41, 5.74) is 0.333. The van der Waals surface area contributed by atoms with E-state index in [1.165, 1.54) is 6.07 Å². The molecule has 0 aliphatic carbocycles. The van der Waals surface area contributed by atoms with E-state index in [0.29, 0.717) is 18.0 Å². The van der Waals surface area contributed by atoms with Crippen molar-refractivity contribution in [1.82, 2.24) is 19.9 Å². The second kappa shape index (κ2) is 5.98. The number of carbonyl (C=O) groups is 1. The molecule has 6 nitrogen and oxygen atoms in total. The van der Waals surface area contributed by atoms with Gasteiger partial charge in [-0.2, -0.15) is 4.98 Å². The molecule has 7 heteroatoms. The summed E-state index contributed by atoms with van der Waals surface area (Å²) < 4.78 is 19.1. The van der Waals surface area contributed by atoms with Crippen LogP contribution in [0.5, 0.6) is 0 Å². The first-order chi connectivity index (χ1) is 11.6. The average molecular weight is 330 g/mol. The van der Waals surface area contributed by atoms with Crippen molar-refractivity contribution in [2.24, 2.45) is 5.92 Å². The van der Waals surface area contributed by atoms with E-state index in [-0.39, 0.29) is 29.5 Å². The number of nitrogens with zero attached hydrogens (tertiary/aromatic N) is 4. The van der Waals surface area contributed by atoms with Gasteiger partial charge < -0.3 is 9.42 Å². The first-order valence-electron chi connectivity index (χ1n) is 8.20. The fourth-order valence-electron chi connectivity index (χ4n) is 3.75. The van der Waals surface area contributed by atoms with Gasteiger partial charge in [-0.05, 0) is 31.5 Å². The molecule has 126 valence electrons. The molecule has 1 amide bonds. The second-order valence-corrected chi connectivity index (χ2v) is 6.50. The third-order valence-electron chi connectivity index (χ3n) is 4.97. The van der Waals surface area contributed by atoms with Crippen LogP contribution in [0.25, 0.3) is 11.4 Å². The number of piperidine rings is 1. The van der Waals surface area contributed by atoms with E-state index in [4.69, 9.17) is 4.52 Å². The SMILES string of the molecule is CN1C[C@@H]2[C@@H](CCCN2Cc2nc(-c3ccccc3F)no2)C1=O. The number of rotatable bonds is 3. The Morgan fingerprint density at radius 2 is 2.21 bits per heavy atom. The average Bonchev–Trinajstić information content (AvgIpc) is 3.15. The van der Waals surface area contributed by atoms with Crippen LogP contribution in [0.4, 0.5) is 4.39 Å². The molecular weight excluding hydrogens is 311 g/mol. The van der Waals surface area contributed by atoms with Crippen LogP contribution in [0.15, 0.2) is 28.8 Å². The maximum atomic E-state index is 13.8. The quantitative estimate of drug-likeness (QED) is 0.860. The summed E-state index contributed by atoms with van der Waals surface area (Å²) in [6.07, 6.45) is 1.92. The molecule has 2 fully saturated rings. The summed E-state index contributed by atoms with van der Waals surface area (Å²) in [5, 5.41) is 3.90. The highest BCUT2D eigenvalue weighted by atomic mass is 19.1. The van der Waals surface area contributed by atoms with E-state index in [1.807, 2.05) is 7.05 Å². The molecule has 1 aromatic carbocycles. The lowest BCUT2D eigenvalue weighted by molar-refractivity contribution is -0.131. The van der Waals surface area contributed by atoms with Gasteiger partial charge >= 0.3 is 0 Å². The highest BCUT2D eigenvalue weighted by Crippen LogP contribution is 2.32. The van der Waals surface area contributed by atoms with Crippen molar-refractivity contribution in [2.45, 2.75) is 25.4 Å². The van der Waals surface area contributed by atoms with Gasteiger partial charge in [0.25, 0.3) is 0 Å². The third-order valence-corrected chi connectivity index (χ3v) is 4.97. The molecule has 0 saturated carbocycles. The molecule has 0 N–H and O–H groups in total. The summed E-state index contributed by atoms with van der Waals surface area (Å²) in [6, 6.07) is 6.57. The lowest BCUT2D eigenvalue weighted by atomic mass is 9.91. The lowest BCUT2D eigenvalue weighted by Gasteiger charge is -2.34. The third kappa shape index (κ3) is 2.58. The number of hydrogen-bond donors (Lipinski definition) is 0. The van der Waals surface area contributed by atoms with Crippen LogP contribution < -0.4 is 0 Å². The van der Waals surface area contributed by atoms with Crippen molar-refractivity contribution in [2.75, 3.05) is 20.1 Å². The first-order valence-corrected chi connectivity index (χ1v) is 8.20. The van der Waals surface area contributed by atoms with E-state index < -0.39 is 0 Å². The van der Waals surface area contributed by atoms with Gasteiger partial charge in [-0.3, -0.25) is 9.69 Å². The lowest BCUT2D eigenvalue weighted by Crippen LogP contribution is -2.44. The zero-order chi connectivity index (χ0) is 16.7. The normalized spacial score (nSPS) is 24.4. The van der Waals surface area contributed by atoms with Crippen LogP contribution in [0, 0.1) is 11.7 Å². The number of hydrogen-bond acceptors (Lipinski definition) is 5. The van der Waals surface area contributed by atoms with Crippen molar-refractivity contribution in [3.8, 4) is 11.4 Å². The van der Waals surface area contributed by atoms with Crippen LogP contribution in [0.2, 0.25) is 0 Å². The molecule has 0 spiro atoms. The molecule has 2 aliphatic rings. The second-order valence-electron chi connectivity index (χ2n) is 6.50. The molecule has 2 saturated heterocycles. The van der Waals surface area contributed by atoms with Gasteiger partial charge in [0.2, 0.25) is 17.6 Å². The number of amides is 1. The molecule has 24 heavy (non-hydrogen) atoms. The highest BCUT2D eigenvalue weighted by Gasteiger charge is 2.43. The number of carbonyl (C=O) groups excluding carboxylic acids is 1. The van der Waals surface area contributed by atoms with Crippen LogP contribution in [-0.4, -0.2) is 52.0 Å². The van der Waals surface area contributed by atoms with Gasteiger partial charge in [-0.15, -0.1) is 0 Å². The molecule has 1 aromatic heterocycles. The molecule has 3 heterocycles. The molecule has 0 radical (unpaired) electrons. The first kappa shape index (κ1) is 15.3. The zero-order valence-electron chi connectivity index (χ0n) is 13.5. The van der Waals surface area contributed by atoms with E-state index in [9.17, 15) is 9.18 Å². The largest absolute Gasteiger partial charge is 0.344 e. The number of likely N-dealkylation sites (tertiary alicyclic amines) is 2. The van der Waals surface area contributed by atoms with Gasteiger partial charge in [0, 0.05) is 19.6 Å². The molecular formula is C17H19FN4O2. The summed E-state index contributed by atoms with van der Waals surface area (Å²) in [5.74, 6) is 0.637. The molecule has 0 bridgehead atoms. The Hall–Kier alpha value is -2.28. The maximum absolute atomic E-state index is 13.8. The number of benzene rings is 1. The smallest absolute Gasteiger partial charge is 0.241 e. The Morgan fingerprint density at radius 1 is 1.38 bits per heavy atom. The molecule has 2 aliphatic heterocycles. The standard InChI is InChI=1S/C17H19FN4O2/c1-21-9-14-12(17(21)23)6-4-8-22(14)10-15-19-16(20-24-15)11-5-2-3-7-13(11)18/h2-3,5,7,12,14H,4,6,8-10H2,1H3/t12-,14-/m1/s1. The fourth-order valence-corrected chi connectivity index (χ4v) is 3.75. The van der Waals surface area contributed by atoms with Crippen molar-refractivity contribution in [3.05, 3.63) is 36.0 Å². The van der Waals surface area contributed by atoms with Crippen LogP contribution in [0.3, 0.4) is 0 Å². The highest BCUT2D eigenvalue weighted by molar-refractivity contribution is 5.81. The number of halogens is 1. The maximum Gasteiger partial charge on any atom is 0.241 e. The minimum Gasteiger partial charge on any atom is -0.344 e. The molecule has 2 atom stereocenters. The van der Waals surface area contributed by atoms with Crippen molar-refractivity contribution in [1.29, 1.82) is 0 Å². The molecule has 2 aromatic rings. The van der Waals surface area contributed by atoms with Gasteiger partial charge in [0.15, 0.2) is 0 Å². The van der Waals surface area contributed by atoms with E-state index >= 15 is 0 Å². The van der Waals surface area contributed by atoms with Gasteiger partial charge in [0.05, 0.1) is 18.0 Å². The van der Waals surface area contributed by atoms with Crippen LogP contribution in [0.1, 0.15) is 18.7 Å². The summed E-state index contributed by atoms with van der Waals surface area (Å²) in [6.45, 7) is 2.13. The monoisotopic (exact) mass is 330 g/mol. The Labute approximate surface area is 139 Å². The van der Waals surface area contributed by atoms with Gasteiger partial charge in [-0.1, -0.05) is 17.3 Å². The summed E-state index contributed by atoms with van der Waals surface area (Å²) >= 11 is 0. The molecule has 0 unspecified atom stereocenters. The Bertz CT molecular complexity index is 763. The van der Waals surface area contributed by atoms with E-state index in [0.717, 1.165) is 25.9 Å². The summed E-state index contributed by atoms with van der Waals surface area (Å²) in [4.78, 5) is 20.5. The Morgan fingerprint density at radius 3 is 3.04 bits per heavy atom. The topological polar surface area (TPSA) is 62.5 Å². The number of likely N-dealkylation sites (N-methyl/N-ethyl adjacent to an activating group) is 1. The number of fused-ring (bicyclic) bond motifs is 1. The predicted octanol–water partition coefficient (Wildman–Crippen LogP) is 1.93. The van der Waals surface area contributed by atoms with Gasteiger partial charge in [0.1, 0.15) is 5.82 Å². The van der Waals surface area contributed by atoms with Crippen molar-refractivity contribution in [3.63, 3.8) is 0 Å².